The molecule has 0 aromatic heterocycles. The summed E-state index contributed by atoms with van der Waals surface area (Å²) in [6, 6.07) is 7.27. The van der Waals surface area contributed by atoms with Gasteiger partial charge >= 0.3 is 0 Å². The number of benzene rings is 2. The predicted octanol–water partition coefficient (Wildman–Crippen LogP) is 3.26. The van der Waals surface area contributed by atoms with Crippen LogP contribution >= 0.6 is 0 Å². The van der Waals surface area contributed by atoms with E-state index in [1.807, 2.05) is 0 Å². The van der Waals surface area contributed by atoms with Crippen LogP contribution in [0.2, 0.25) is 0 Å². The van der Waals surface area contributed by atoms with Crippen LogP contribution in [0.4, 0.5) is 8.78 Å². The van der Waals surface area contributed by atoms with Gasteiger partial charge < -0.3 is 9.47 Å². The Morgan fingerprint density at radius 2 is 1.65 bits per heavy atom. The van der Waals surface area contributed by atoms with Crippen molar-refractivity contribution in [2.75, 3.05) is 19.8 Å². The molecule has 0 amide bonds. The second-order valence-corrected chi connectivity index (χ2v) is 8.17. The van der Waals surface area contributed by atoms with Crippen LogP contribution in [0.3, 0.4) is 0 Å². The summed E-state index contributed by atoms with van der Waals surface area (Å²) in [6.45, 7) is 1.20. The summed E-state index contributed by atoms with van der Waals surface area (Å²) in [5, 5.41) is 0. The van der Waals surface area contributed by atoms with Crippen molar-refractivity contribution in [1.29, 1.82) is 0 Å². The zero-order valence-corrected chi connectivity index (χ0v) is 14.6. The number of fused-ring (bicyclic) bond motifs is 1. The summed E-state index contributed by atoms with van der Waals surface area (Å²) < 4.78 is 65.3. The van der Waals surface area contributed by atoms with E-state index in [0.717, 1.165) is 17.7 Å². The fourth-order valence-corrected chi connectivity index (χ4v) is 5.17. The van der Waals surface area contributed by atoms with Crippen molar-refractivity contribution >= 4 is 10.0 Å². The number of sulfonamides is 1. The highest BCUT2D eigenvalue weighted by atomic mass is 32.2. The highest BCUT2D eigenvalue weighted by molar-refractivity contribution is 7.89. The summed E-state index contributed by atoms with van der Waals surface area (Å²) in [5.74, 6) is -0.633. The average Bonchev–Trinajstić information content (AvgIpc) is 3.11. The summed E-state index contributed by atoms with van der Waals surface area (Å²) >= 11 is 0. The maximum absolute atomic E-state index is 13.5. The van der Waals surface area contributed by atoms with Crippen molar-refractivity contribution < 1.29 is 26.7 Å². The molecule has 2 aromatic carbocycles. The molecule has 5 nitrogen and oxygen atoms in total. The molecule has 8 heteroatoms. The van der Waals surface area contributed by atoms with Gasteiger partial charge in [-0.1, -0.05) is 6.07 Å². The monoisotopic (exact) mass is 381 g/mol. The van der Waals surface area contributed by atoms with Gasteiger partial charge in [0.05, 0.1) is 10.9 Å². The Labute approximate surface area is 150 Å². The first kappa shape index (κ1) is 17.2. The molecule has 2 aliphatic heterocycles. The molecule has 26 heavy (non-hydrogen) atoms. The molecule has 1 saturated heterocycles. The normalized spacial score (nSPS) is 20.3. The number of hydrogen-bond donors (Lipinski definition) is 0. The van der Waals surface area contributed by atoms with E-state index in [1.165, 1.54) is 4.31 Å². The number of halogens is 2. The minimum Gasteiger partial charge on any atom is -0.486 e. The fourth-order valence-electron chi connectivity index (χ4n) is 3.44. The van der Waals surface area contributed by atoms with E-state index in [0.29, 0.717) is 50.2 Å². The van der Waals surface area contributed by atoms with Gasteiger partial charge in [0, 0.05) is 12.6 Å². The molecular weight excluding hydrogens is 364 g/mol. The van der Waals surface area contributed by atoms with Crippen LogP contribution < -0.4 is 9.47 Å². The highest BCUT2D eigenvalue weighted by Gasteiger charge is 2.37. The highest BCUT2D eigenvalue weighted by Crippen LogP contribution is 2.40. The van der Waals surface area contributed by atoms with Gasteiger partial charge in [0.25, 0.3) is 0 Å². The molecule has 0 spiro atoms. The molecule has 4 rings (SSSR count). The summed E-state index contributed by atoms with van der Waals surface area (Å²) in [4.78, 5) is -0.376. The van der Waals surface area contributed by atoms with Gasteiger partial charge in [0.1, 0.15) is 24.8 Å². The minimum atomic E-state index is -4.02. The van der Waals surface area contributed by atoms with E-state index in [4.69, 9.17) is 9.47 Å². The van der Waals surface area contributed by atoms with Gasteiger partial charge in [-0.2, -0.15) is 4.31 Å². The predicted molar refractivity (Wildman–Crippen MR) is 89.7 cm³/mol. The quantitative estimate of drug-likeness (QED) is 0.819. The Kier molecular flexibility index (Phi) is 4.32. The molecule has 2 heterocycles. The Morgan fingerprint density at radius 1 is 0.962 bits per heavy atom. The van der Waals surface area contributed by atoms with Crippen LogP contribution in [-0.2, 0) is 10.0 Å². The van der Waals surface area contributed by atoms with E-state index in [2.05, 4.69) is 0 Å². The van der Waals surface area contributed by atoms with Crippen LogP contribution in [0.1, 0.15) is 24.4 Å². The second kappa shape index (κ2) is 6.51. The van der Waals surface area contributed by atoms with Gasteiger partial charge in [-0.3, -0.25) is 0 Å². The van der Waals surface area contributed by atoms with Crippen molar-refractivity contribution in [3.63, 3.8) is 0 Å². The van der Waals surface area contributed by atoms with E-state index < -0.39 is 27.7 Å². The number of ether oxygens (including phenoxy) is 2. The number of hydrogen-bond acceptors (Lipinski definition) is 4. The fraction of sp³-hybridized carbons (Fsp3) is 0.333. The second-order valence-electron chi connectivity index (χ2n) is 6.28. The molecule has 2 aliphatic rings. The third kappa shape index (κ3) is 3.03. The first-order valence-electron chi connectivity index (χ1n) is 8.33. The Balaban J connectivity index is 1.70. The Morgan fingerprint density at radius 3 is 2.38 bits per heavy atom. The van der Waals surface area contributed by atoms with Gasteiger partial charge in [-0.15, -0.1) is 0 Å². The average molecular weight is 381 g/mol. The van der Waals surface area contributed by atoms with Crippen molar-refractivity contribution in [2.24, 2.45) is 0 Å². The van der Waals surface area contributed by atoms with Crippen LogP contribution in [0.5, 0.6) is 11.5 Å². The lowest BCUT2D eigenvalue weighted by atomic mass is 10.0. The van der Waals surface area contributed by atoms with Crippen molar-refractivity contribution in [3.8, 4) is 11.5 Å². The lowest BCUT2D eigenvalue weighted by Crippen LogP contribution is -2.31. The van der Waals surface area contributed by atoms with Gasteiger partial charge in [-0.05, 0) is 42.7 Å². The van der Waals surface area contributed by atoms with Crippen LogP contribution in [0.15, 0.2) is 41.3 Å². The number of rotatable bonds is 3. The van der Waals surface area contributed by atoms with Crippen molar-refractivity contribution in [2.45, 2.75) is 23.8 Å². The molecule has 0 N–H and O–H groups in total. The molecule has 138 valence electrons. The first-order valence-corrected chi connectivity index (χ1v) is 9.77. The summed E-state index contributed by atoms with van der Waals surface area (Å²) in [5.41, 5.74) is 0.771. The molecule has 1 fully saturated rings. The molecule has 2 aromatic rings. The van der Waals surface area contributed by atoms with Crippen LogP contribution in [0, 0.1) is 11.6 Å². The maximum Gasteiger partial charge on any atom is 0.243 e. The van der Waals surface area contributed by atoms with E-state index >= 15 is 0 Å². The zero-order chi connectivity index (χ0) is 18.3. The Bertz CT molecular complexity index is 928. The van der Waals surface area contributed by atoms with Crippen molar-refractivity contribution in [1.82, 2.24) is 4.31 Å². The largest absolute Gasteiger partial charge is 0.486 e. The van der Waals surface area contributed by atoms with Crippen LogP contribution in [-0.4, -0.2) is 32.5 Å². The summed E-state index contributed by atoms with van der Waals surface area (Å²) in [7, 11) is -4.02. The lowest BCUT2D eigenvalue weighted by molar-refractivity contribution is 0.171. The smallest absolute Gasteiger partial charge is 0.243 e. The zero-order valence-electron chi connectivity index (χ0n) is 13.8. The molecule has 0 radical (unpaired) electrons. The SMILES string of the molecule is O=S(=O)(c1cc(F)cc(F)c1)N1CCC[C@H]1c1ccc2c(c1)OCCO2. The van der Waals surface area contributed by atoms with E-state index in [-0.39, 0.29) is 4.90 Å². The lowest BCUT2D eigenvalue weighted by Gasteiger charge is -2.26. The molecule has 0 unspecified atom stereocenters. The van der Waals surface area contributed by atoms with E-state index in [1.54, 1.807) is 18.2 Å². The van der Waals surface area contributed by atoms with E-state index in [9.17, 15) is 17.2 Å². The third-order valence-corrected chi connectivity index (χ3v) is 6.48. The molecular formula is C18H17F2NO4S. The standard InChI is InChI=1S/C18H17F2NO4S/c19-13-9-14(20)11-15(10-13)26(22,23)21-5-1-2-16(21)12-3-4-17-18(8-12)25-7-6-24-17/h3-4,8-11,16H,1-2,5-7H2/t16-/m0/s1. The summed E-state index contributed by atoms with van der Waals surface area (Å²) in [6.07, 6.45) is 1.28. The molecule has 0 bridgehead atoms. The van der Waals surface area contributed by atoms with Crippen molar-refractivity contribution in [3.05, 3.63) is 53.6 Å². The van der Waals surface area contributed by atoms with Gasteiger partial charge in [0.2, 0.25) is 10.0 Å². The van der Waals surface area contributed by atoms with Gasteiger partial charge in [-0.25, -0.2) is 17.2 Å². The molecule has 1 atom stereocenters. The minimum absolute atomic E-state index is 0.291. The third-order valence-electron chi connectivity index (χ3n) is 4.60. The Hall–Kier alpha value is -2.19. The first-order chi connectivity index (χ1) is 12.4. The van der Waals surface area contributed by atoms with Crippen LogP contribution in [0.25, 0.3) is 0 Å². The number of nitrogens with zero attached hydrogens (tertiary/aromatic N) is 1. The molecule has 0 saturated carbocycles. The maximum atomic E-state index is 13.5. The topological polar surface area (TPSA) is 55.8 Å². The molecule has 0 aliphatic carbocycles. The van der Waals surface area contributed by atoms with Gasteiger partial charge in [0.15, 0.2) is 11.5 Å².